The highest BCUT2D eigenvalue weighted by atomic mass is 28.4. The van der Waals surface area contributed by atoms with E-state index < -0.39 is 14.0 Å². The predicted octanol–water partition coefficient (Wildman–Crippen LogP) is 3.95. The van der Waals surface area contributed by atoms with E-state index in [1.807, 2.05) is 39.0 Å². The highest BCUT2D eigenvalue weighted by Crippen LogP contribution is 2.39. The lowest BCUT2D eigenvalue weighted by atomic mass is 10.1. The van der Waals surface area contributed by atoms with Crippen molar-refractivity contribution < 1.29 is 18.3 Å². The van der Waals surface area contributed by atoms with Gasteiger partial charge >= 0.3 is 8.56 Å². The minimum absolute atomic E-state index is 0.0562. The topological polar surface area (TPSA) is 36.9 Å². The minimum Gasteiger partial charge on any atom is -0.392 e. The molecule has 1 aliphatic heterocycles. The van der Waals surface area contributed by atoms with E-state index in [1.54, 1.807) is 0 Å². The summed E-state index contributed by atoms with van der Waals surface area (Å²) in [5, 5.41) is 0. The van der Waals surface area contributed by atoms with Crippen LogP contribution in [0, 0.1) is 0 Å². The lowest BCUT2D eigenvalue weighted by Gasteiger charge is -2.42. The smallest absolute Gasteiger partial charge is 0.392 e. The van der Waals surface area contributed by atoms with Crippen molar-refractivity contribution in [2.75, 3.05) is 13.2 Å². The fourth-order valence-electron chi connectivity index (χ4n) is 3.02. The molecule has 2 rings (SSSR count). The highest BCUT2D eigenvalue weighted by molar-refractivity contribution is 6.70. The summed E-state index contributed by atoms with van der Waals surface area (Å²) in [7, 11) is -2.69. The monoisotopic (exact) mass is 324 g/mol. The van der Waals surface area contributed by atoms with Crippen LogP contribution in [-0.2, 0) is 18.3 Å². The molecule has 0 amide bonds. The maximum absolute atomic E-state index is 6.52. The van der Waals surface area contributed by atoms with E-state index in [9.17, 15) is 0 Å². The Labute approximate surface area is 135 Å². The summed E-state index contributed by atoms with van der Waals surface area (Å²) in [6.45, 7) is 11.3. The second kappa shape index (κ2) is 7.23. The number of rotatable bonds is 7. The van der Waals surface area contributed by atoms with Gasteiger partial charge in [0.25, 0.3) is 0 Å². The van der Waals surface area contributed by atoms with E-state index in [4.69, 9.17) is 18.3 Å². The quantitative estimate of drug-likeness (QED) is 0.712. The van der Waals surface area contributed by atoms with Gasteiger partial charge in [-0.05, 0) is 39.3 Å². The van der Waals surface area contributed by atoms with Gasteiger partial charge in [-0.1, -0.05) is 37.3 Å². The number of hydrogen-bond acceptors (Lipinski definition) is 4. The van der Waals surface area contributed by atoms with E-state index >= 15 is 0 Å². The maximum Gasteiger partial charge on any atom is 0.399 e. The van der Waals surface area contributed by atoms with Gasteiger partial charge < -0.3 is 18.3 Å². The Hall–Kier alpha value is -0.723. The van der Waals surface area contributed by atoms with Crippen molar-refractivity contribution in [1.29, 1.82) is 0 Å². The predicted molar refractivity (Wildman–Crippen MR) is 88.7 cm³/mol. The molecular weight excluding hydrogens is 296 g/mol. The number of hydrogen-bond donors (Lipinski definition) is 0. The lowest BCUT2D eigenvalue weighted by molar-refractivity contribution is -0.128. The molecule has 0 N–H and O–H groups in total. The minimum atomic E-state index is -2.69. The third-order valence-electron chi connectivity index (χ3n) is 4.19. The molecular formula is C17H28O4Si. The summed E-state index contributed by atoms with van der Waals surface area (Å²) in [6, 6.07) is 11.0. The van der Waals surface area contributed by atoms with Crippen LogP contribution in [0.2, 0.25) is 6.04 Å². The molecule has 1 aromatic carbocycles. The maximum atomic E-state index is 6.52. The van der Waals surface area contributed by atoms with Gasteiger partial charge in [0.05, 0.1) is 18.8 Å². The molecule has 1 aromatic rings. The molecule has 0 aromatic heterocycles. The van der Waals surface area contributed by atoms with Gasteiger partial charge in [-0.25, -0.2) is 0 Å². The molecule has 124 valence electrons. The van der Waals surface area contributed by atoms with E-state index in [0.29, 0.717) is 13.2 Å². The summed E-state index contributed by atoms with van der Waals surface area (Å²) in [5.74, 6) is 0. The van der Waals surface area contributed by atoms with E-state index in [1.165, 1.54) is 0 Å². The highest BCUT2D eigenvalue weighted by Gasteiger charge is 2.60. The molecule has 1 heterocycles. The Morgan fingerprint density at radius 3 is 2.50 bits per heavy atom. The number of benzene rings is 1. The second-order valence-corrected chi connectivity index (χ2v) is 9.54. The summed E-state index contributed by atoms with van der Waals surface area (Å²) in [4.78, 5) is 0. The SMILES string of the molecule is CCO[Si](CC)(OC(C)c1ccccc1)C1(C)OCC(C)O1. The fourth-order valence-corrected chi connectivity index (χ4v) is 6.43. The zero-order valence-corrected chi connectivity index (χ0v) is 15.3. The van der Waals surface area contributed by atoms with Gasteiger partial charge in [-0.2, -0.15) is 0 Å². The molecule has 1 aliphatic rings. The Bertz CT molecular complexity index is 469. The number of ether oxygens (including phenoxy) is 2. The van der Waals surface area contributed by atoms with Gasteiger partial charge in [0.2, 0.25) is 5.41 Å². The molecule has 1 saturated heterocycles. The zero-order valence-electron chi connectivity index (χ0n) is 14.3. The third-order valence-corrected chi connectivity index (χ3v) is 8.26. The molecule has 22 heavy (non-hydrogen) atoms. The van der Waals surface area contributed by atoms with Crippen molar-refractivity contribution in [3.05, 3.63) is 35.9 Å². The van der Waals surface area contributed by atoms with Crippen LogP contribution in [0.15, 0.2) is 30.3 Å². The van der Waals surface area contributed by atoms with Crippen molar-refractivity contribution in [1.82, 2.24) is 0 Å². The molecule has 0 spiro atoms. The fraction of sp³-hybridized carbons (Fsp3) is 0.647. The Balaban J connectivity index is 2.25. The van der Waals surface area contributed by atoms with Crippen LogP contribution < -0.4 is 0 Å². The second-order valence-electron chi connectivity index (χ2n) is 5.90. The van der Waals surface area contributed by atoms with Crippen LogP contribution in [0.1, 0.15) is 46.3 Å². The zero-order chi connectivity index (χ0) is 16.2. The molecule has 5 heteroatoms. The third kappa shape index (κ3) is 3.44. The van der Waals surface area contributed by atoms with Crippen LogP contribution >= 0.6 is 0 Å². The Morgan fingerprint density at radius 2 is 2.00 bits per heavy atom. The summed E-state index contributed by atoms with van der Waals surface area (Å²) < 4.78 is 24.8. The average molecular weight is 324 g/mol. The molecule has 4 atom stereocenters. The molecule has 0 aliphatic carbocycles. The van der Waals surface area contributed by atoms with E-state index in [-0.39, 0.29) is 12.2 Å². The molecule has 4 unspecified atom stereocenters. The Kier molecular flexibility index (Phi) is 5.80. The first-order valence-electron chi connectivity index (χ1n) is 8.15. The van der Waals surface area contributed by atoms with Crippen molar-refractivity contribution in [2.24, 2.45) is 0 Å². The van der Waals surface area contributed by atoms with Crippen molar-refractivity contribution in [3.63, 3.8) is 0 Å². The van der Waals surface area contributed by atoms with Gasteiger partial charge in [0.15, 0.2) is 0 Å². The molecule has 0 radical (unpaired) electrons. The van der Waals surface area contributed by atoms with Crippen molar-refractivity contribution >= 4 is 8.56 Å². The summed E-state index contributed by atoms with van der Waals surface area (Å²) >= 11 is 0. The molecule has 0 saturated carbocycles. The van der Waals surface area contributed by atoms with Gasteiger partial charge in [-0.15, -0.1) is 0 Å². The van der Waals surface area contributed by atoms with Crippen molar-refractivity contribution in [2.45, 2.75) is 58.3 Å². The van der Waals surface area contributed by atoms with Gasteiger partial charge in [0.1, 0.15) is 0 Å². The van der Waals surface area contributed by atoms with Crippen LogP contribution in [0.5, 0.6) is 0 Å². The van der Waals surface area contributed by atoms with Crippen LogP contribution in [-0.4, -0.2) is 33.3 Å². The largest absolute Gasteiger partial charge is 0.399 e. The molecule has 4 nitrogen and oxygen atoms in total. The van der Waals surface area contributed by atoms with E-state index in [2.05, 4.69) is 26.0 Å². The summed E-state index contributed by atoms with van der Waals surface area (Å²) in [5.41, 5.74) is 0.377. The van der Waals surface area contributed by atoms with Gasteiger partial charge in [-0.3, -0.25) is 0 Å². The standard InChI is InChI=1S/C17H28O4Si/c1-6-19-22(7-2,17(5)18-13-14(3)20-17)21-15(4)16-11-9-8-10-12-16/h8-12,14-15H,6-7,13H2,1-5H3. The van der Waals surface area contributed by atoms with E-state index in [0.717, 1.165) is 11.6 Å². The first-order chi connectivity index (χ1) is 10.5. The lowest BCUT2D eigenvalue weighted by Crippen LogP contribution is -2.62. The first kappa shape index (κ1) is 17.6. The van der Waals surface area contributed by atoms with Crippen molar-refractivity contribution in [3.8, 4) is 0 Å². The van der Waals surface area contributed by atoms with Crippen LogP contribution in [0.25, 0.3) is 0 Å². The average Bonchev–Trinajstić information content (AvgIpc) is 2.88. The molecule has 1 fully saturated rings. The molecule has 0 bridgehead atoms. The first-order valence-corrected chi connectivity index (χ1v) is 10.2. The van der Waals surface area contributed by atoms with Crippen LogP contribution in [0.4, 0.5) is 0 Å². The normalized spacial score (nSPS) is 29.2. The van der Waals surface area contributed by atoms with Crippen LogP contribution in [0.3, 0.4) is 0 Å². The Morgan fingerprint density at radius 1 is 1.32 bits per heavy atom. The van der Waals surface area contributed by atoms with Gasteiger partial charge in [0, 0.05) is 6.61 Å². The summed E-state index contributed by atoms with van der Waals surface area (Å²) in [6.07, 6.45) is 0.0128.